The number of anilines is 2. The van der Waals surface area contributed by atoms with Crippen molar-refractivity contribution in [1.82, 2.24) is 9.97 Å². The first kappa shape index (κ1) is 14.3. The van der Waals surface area contributed by atoms with Gasteiger partial charge in [0.15, 0.2) is 11.5 Å². The highest BCUT2D eigenvalue weighted by Gasteiger charge is 2.15. The topological polar surface area (TPSA) is 107 Å². The summed E-state index contributed by atoms with van der Waals surface area (Å²) in [5, 5.41) is 13.5. The molecule has 6 nitrogen and oxygen atoms in total. The van der Waals surface area contributed by atoms with Gasteiger partial charge in [-0.2, -0.15) is 0 Å². The fourth-order valence-corrected chi connectivity index (χ4v) is 3.10. The minimum atomic E-state index is 0.0450. The Morgan fingerprint density at radius 3 is 2.62 bits per heavy atom. The van der Waals surface area contributed by atoms with E-state index in [4.69, 9.17) is 16.2 Å². The molecule has 4 aromatic rings. The maximum absolute atomic E-state index is 10.0. The van der Waals surface area contributed by atoms with Crippen molar-refractivity contribution in [2.24, 2.45) is 0 Å². The van der Waals surface area contributed by atoms with Crippen LogP contribution in [0.5, 0.6) is 11.5 Å². The van der Waals surface area contributed by atoms with Crippen molar-refractivity contribution >= 4 is 44.1 Å². The second kappa shape index (κ2) is 4.86. The molecule has 2 aromatic heterocycles. The number of phenols is 1. The van der Waals surface area contributed by atoms with Gasteiger partial charge in [-0.25, -0.2) is 4.98 Å². The van der Waals surface area contributed by atoms with E-state index in [9.17, 15) is 5.11 Å². The summed E-state index contributed by atoms with van der Waals surface area (Å²) in [6.07, 6.45) is 1.68. The van der Waals surface area contributed by atoms with E-state index in [0.29, 0.717) is 22.8 Å². The molecule has 4 rings (SSSR count). The SMILES string of the molecule is COc1cc2c(cc1O)ncc1c(N)nc3c(C)c(N)ccc3c12. The Morgan fingerprint density at radius 1 is 1.08 bits per heavy atom. The molecule has 2 heterocycles. The van der Waals surface area contributed by atoms with Crippen LogP contribution in [0.4, 0.5) is 11.5 Å². The Morgan fingerprint density at radius 2 is 1.88 bits per heavy atom. The van der Waals surface area contributed by atoms with E-state index < -0.39 is 0 Å². The highest BCUT2D eigenvalue weighted by molar-refractivity contribution is 6.21. The summed E-state index contributed by atoms with van der Waals surface area (Å²) < 4.78 is 5.24. The largest absolute Gasteiger partial charge is 0.504 e. The number of aromatic nitrogens is 2. The number of pyridine rings is 2. The summed E-state index contributed by atoms with van der Waals surface area (Å²) >= 11 is 0. The molecule has 0 atom stereocenters. The fraction of sp³-hybridized carbons (Fsp3) is 0.111. The zero-order chi connectivity index (χ0) is 17.0. The first-order valence-electron chi connectivity index (χ1n) is 7.45. The van der Waals surface area contributed by atoms with Gasteiger partial charge in [0.2, 0.25) is 0 Å². The molecule has 24 heavy (non-hydrogen) atoms. The van der Waals surface area contributed by atoms with Crippen molar-refractivity contribution < 1.29 is 9.84 Å². The molecule has 6 heteroatoms. The Bertz CT molecular complexity index is 1140. The predicted octanol–water partition coefficient (Wildman–Crippen LogP) is 3.12. The van der Waals surface area contributed by atoms with Gasteiger partial charge in [-0.15, -0.1) is 0 Å². The Labute approximate surface area is 137 Å². The summed E-state index contributed by atoms with van der Waals surface area (Å²) in [4.78, 5) is 8.90. The van der Waals surface area contributed by atoms with Gasteiger partial charge in [0.25, 0.3) is 0 Å². The Balaban J connectivity index is 2.31. The van der Waals surface area contributed by atoms with Gasteiger partial charge in [0.05, 0.1) is 18.1 Å². The number of rotatable bonds is 1. The Kier molecular flexibility index (Phi) is 2.90. The quantitative estimate of drug-likeness (QED) is 0.367. The van der Waals surface area contributed by atoms with Crippen LogP contribution in [0, 0.1) is 6.92 Å². The number of nitrogens with two attached hydrogens (primary N) is 2. The van der Waals surface area contributed by atoms with Gasteiger partial charge in [-0.05, 0) is 24.6 Å². The number of phenolic OH excluding ortho intramolecular Hbond substituents is 1. The normalized spacial score (nSPS) is 11.4. The summed E-state index contributed by atoms with van der Waals surface area (Å²) in [6, 6.07) is 7.15. The lowest BCUT2D eigenvalue weighted by atomic mass is 9.99. The minimum Gasteiger partial charge on any atom is -0.504 e. The van der Waals surface area contributed by atoms with E-state index in [2.05, 4.69) is 9.97 Å². The standard InChI is InChI=1S/C18H16N4O2/c1-8-12(19)4-3-9-16-10-5-15(24-2)14(23)6-13(10)21-7-11(16)18(20)22-17(8)9/h3-7,23H,19H2,1-2H3,(H2,20,22). The van der Waals surface area contributed by atoms with Crippen LogP contribution in [0.1, 0.15) is 5.56 Å². The number of benzene rings is 2. The lowest BCUT2D eigenvalue weighted by molar-refractivity contribution is 0.374. The number of aryl methyl sites for hydroxylation is 1. The zero-order valence-corrected chi connectivity index (χ0v) is 13.3. The first-order valence-corrected chi connectivity index (χ1v) is 7.45. The number of hydrogen-bond acceptors (Lipinski definition) is 6. The number of fused-ring (bicyclic) bond motifs is 5. The van der Waals surface area contributed by atoms with E-state index in [-0.39, 0.29) is 5.75 Å². The van der Waals surface area contributed by atoms with Crippen molar-refractivity contribution in [3.05, 3.63) is 36.0 Å². The van der Waals surface area contributed by atoms with Crippen molar-refractivity contribution in [1.29, 1.82) is 0 Å². The molecule has 0 unspecified atom stereocenters. The molecule has 0 saturated heterocycles. The molecule has 0 radical (unpaired) electrons. The lowest BCUT2D eigenvalue weighted by Crippen LogP contribution is -1.98. The predicted molar refractivity (Wildman–Crippen MR) is 96.3 cm³/mol. The van der Waals surface area contributed by atoms with E-state index >= 15 is 0 Å². The molecule has 0 amide bonds. The maximum Gasteiger partial charge on any atom is 0.161 e. The number of nitrogens with zero attached hydrogens (tertiary/aromatic N) is 2. The number of methoxy groups -OCH3 is 1. The lowest BCUT2D eigenvalue weighted by Gasteiger charge is -2.13. The van der Waals surface area contributed by atoms with Crippen molar-refractivity contribution in [2.75, 3.05) is 18.6 Å². The third-order valence-corrected chi connectivity index (χ3v) is 4.42. The van der Waals surface area contributed by atoms with Crippen LogP contribution in [-0.2, 0) is 0 Å². The summed E-state index contributed by atoms with van der Waals surface area (Å²) in [5.41, 5.74) is 15.1. The molecule has 120 valence electrons. The van der Waals surface area contributed by atoms with Crippen molar-refractivity contribution in [3.8, 4) is 11.5 Å². The maximum atomic E-state index is 10.0. The van der Waals surface area contributed by atoms with Gasteiger partial charge in [-0.1, -0.05) is 6.07 Å². The number of aromatic hydroxyl groups is 1. The molecule has 0 saturated carbocycles. The van der Waals surface area contributed by atoms with Crippen LogP contribution < -0.4 is 16.2 Å². The number of nitrogen functional groups attached to an aromatic ring is 2. The number of hydrogen-bond donors (Lipinski definition) is 3. The van der Waals surface area contributed by atoms with Crippen LogP contribution in [-0.4, -0.2) is 22.2 Å². The van der Waals surface area contributed by atoms with Gasteiger partial charge in [0, 0.05) is 39.5 Å². The van der Waals surface area contributed by atoms with Crippen LogP contribution in [0.15, 0.2) is 30.5 Å². The Hall–Kier alpha value is -3.28. The number of ether oxygens (including phenoxy) is 1. The molecular formula is C18H16N4O2. The smallest absolute Gasteiger partial charge is 0.161 e. The van der Waals surface area contributed by atoms with E-state index in [1.165, 1.54) is 7.11 Å². The first-order chi connectivity index (χ1) is 11.5. The van der Waals surface area contributed by atoms with Gasteiger partial charge in [0.1, 0.15) is 5.82 Å². The van der Waals surface area contributed by atoms with Gasteiger partial charge < -0.3 is 21.3 Å². The average Bonchev–Trinajstić information content (AvgIpc) is 2.57. The van der Waals surface area contributed by atoms with Crippen LogP contribution in [0.25, 0.3) is 32.6 Å². The van der Waals surface area contributed by atoms with E-state index in [1.807, 2.05) is 19.1 Å². The van der Waals surface area contributed by atoms with Gasteiger partial charge >= 0.3 is 0 Å². The monoisotopic (exact) mass is 320 g/mol. The molecule has 0 bridgehead atoms. The average molecular weight is 320 g/mol. The molecule has 0 aliphatic heterocycles. The summed E-state index contributed by atoms with van der Waals surface area (Å²) in [5.74, 6) is 0.823. The minimum absolute atomic E-state index is 0.0450. The molecule has 0 spiro atoms. The molecular weight excluding hydrogens is 304 g/mol. The summed E-state index contributed by atoms with van der Waals surface area (Å²) in [6.45, 7) is 1.92. The van der Waals surface area contributed by atoms with E-state index in [0.717, 1.165) is 32.6 Å². The van der Waals surface area contributed by atoms with Crippen LogP contribution >= 0.6 is 0 Å². The van der Waals surface area contributed by atoms with E-state index in [1.54, 1.807) is 18.3 Å². The van der Waals surface area contributed by atoms with Crippen LogP contribution in [0.3, 0.4) is 0 Å². The highest BCUT2D eigenvalue weighted by atomic mass is 16.5. The van der Waals surface area contributed by atoms with Crippen LogP contribution in [0.2, 0.25) is 0 Å². The van der Waals surface area contributed by atoms with Gasteiger partial charge in [-0.3, -0.25) is 4.98 Å². The molecule has 0 fully saturated rings. The third kappa shape index (κ3) is 1.83. The molecule has 5 N–H and O–H groups in total. The third-order valence-electron chi connectivity index (χ3n) is 4.42. The van der Waals surface area contributed by atoms with Crippen molar-refractivity contribution in [2.45, 2.75) is 6.92 Å². The van der Waals surface area contributed by atoms with Crippen molar-refractivity contribution in [3.63, 3.8) is 0 Å². The zero-order valence-electron chi connectivity index (χ0n) is 13.3. The molecule has 2 aromatic carbocycles. The summed E-state index contributed by atoms with van der Waals surface area (Å²) in [7, 11) is 1.51. The highest BCUT2D eigenvalue weighted by Crippen LogP contribution is 2.39. The second-order valence-corrected chi connectivity index (χ2v) is 5.76. The molecule has 0 aliphatic rings. The molecule has 0 aliphatic carbocycles. The fourth-order valence-electron chi connectivity index (χ4n) is 3.10. The second-order valence-electron chi connectivity index (χ2n) is 5.76.